The van der Waals surface area contributed by atoms with Gasteiger partial charge in [0.15, 0.2) is 0 Å². The summed E-state index contributed by atoms with van der Waals surface area (Å²) in [5, 5.41) is 0. The van der Waals surface area contributed by atoms with Crippen molar-refractivity contribution in [2.45, 2.75) is 0 Å². The summed E-state index contributed by atoms with van der Waals surface area (Å²) in [6.07, 6.45) is 0. The number of hydrogen-bond donors (Lipinski definition) is 2. The molecule has 0 heterocycles. The van der Waals surface area contributed by atoms with Crippen LogP contribution in [-0.2, 0) is 0 Å². The van der Waals surface area contributed by atoms with Crippen molar-refractivity contribution in [2.24, 2.45) is 5.73 Å². The van der Waals surface area contributed by atoms with E-state index in [1.54, 1.807) is 0 Å². The van der Waals surface area contributed by atoms with Crippen LogP contribution in [0.3, 0.4) is 0 Å². The molecule has 0 spiro atoms. The summed E-state index contributed by atoms with van der Waals surface area (Å²) < 4.78 is 1.05. The predicted molar refractivity (Wildman–Crippen MR) is 69.5 cm³/mol. The molecule has 0 saturated carbocycles. The Morgan fingerprint density at radius 1 is 0.938 bits per heavy atom. The van der Waals surface area contributed by atoms with Crippen LogP contribution in [0.4, 0.5) is 5.69 Å². The number of nitrogen functional groups attached to an aromatic ring is 1. The summed E-state index contributed by atoms with van der Waals surface area (Å²) in [5.41, 5.74) is 7.93. The largest absolute Gasteiger partial charge is 0.287 e. The molecule has 0 saturated heterocycles. The number of nitrogens with one attached hydrogen (secondary N) is 1. The third-order valence-corrected chi connectivity index (χ3v) is 2.74. The van der Waals surface area contributed by atoms with Gasteiger partial charge in [-0.2, -0.15) is 0 Å². The normalized spacial score (nSPS) is 11.4. The molecule has 0 radical (unpaired) electrons. The van der Waals surface area contributed by atoms with Gasteiger partial charge in [-0.15, -0.1) is 0 Å². The Kier molecular flexibility index (Phi) is 3.37. The van der Waals surface area contributed by atoms with Crippen molar-refractivity contribution in [3.8, 4) is 0 Å². The summed E-state index contributed by atoms with van der Waals surface area (Å²) in [7, 11) is 0. The topological polar surface area (TPSA) is 40.0 Å². The van der Waals surface area contributed by atoms with Crippen molar-refractivity contribution in [3.05, 3.63) is 64.6 Å². The van der Waals surface area contributed by atoms with Gasteiger partial charge in [0.25, 0.3) is 5.84 Å². The van der Waals surface area contributed by atoms with Crippen LogP contribution in [-0.4, -0.2) is 5.84 Å². The highest BCUT2D eigenvalue weighted by atomic mass is 79.9. The Bertz CT molecular complexity index is 489. The van der Waals surface area contributed by atoms with Crippen LogP contribution in [0.25, 0.3) is 0 Å². The molecule has 0 atom stereocenters. The van der Waals surface area contributed by atoms with Gasteiger partial charge in [-0.3, -0.25) is 5.73 Å². The lowest BCUT2D eigenvalue weighted by Gasteiger charge is -1.96. The molecule has 0 aliphatic rings. The second-order valence-electron chi connectivity index (χ2n) is 3.41. The molecule has 0 unspecified atom stereocenters. The first-order valence-electron chi connectivity index (χ1n) is 4.96. The first-order valence-corrected chi connectivity index (χ1v) is 5.75. The minimum atomic E-state index is 0.655. The Balaban J connectivity index is 2.28. The van der Waals surface area contributed by atoms with Gasteiger partial charge in [0.05, 0.1) is 5.56 Å². The fraction of sp³-hybridized carbons (Fsp3) is 0. The molecule has 0 bridgehead atoms. The minimum Gasteiger partial charge on any atom is -0.287 e. The van der Waals surface area contributed by atoms with Gasteiger partial charge >= 0.3 is 0 Å². The lowest BCUT2D eigenvalue weighted by Crippen LogP contribution is -2.69. The Morgan fingerprint density at radius 2 is 1.56 bits per heavy atom. The molecule has 0 amide bonds. The van der Waals surface area contributed by atoms with E-state index in [1.807, 2.05) is 54.6 Å². The van der Waals surface area contributed by atoms with E-state index in [4.69, 9.17) is 5.73 Å². The smallest absolute Gasteiger partial charge is 0.277 e. The molecule has 0 fully saturated rings. The van der Waals surface area contributed by atoms with Crippen molar-refractivity contribution in [1.82, 2.24) is 0 Å². The molecule has 16 heavy (non-hydrogen) atoms. The molecular weight excluding hydrogens is 264 g/mol. The van der Waals surface area contributed by atoms with Crippen LogP contribution in [0.1, 0.15) is 5.56 Å². The molecule has 2 nitrogen and oxygen atoms in total. The van der Waals surface area contributed by atoms with Crippen LogP contribution in [0.5, 0.6) is 0 Å². The highest BCUT2D eigenvalue weighted by Gasteiger charge is 2.02. The van der Waals surface area contributed by atoms with Gasteiger partial charge in [-0.05, 0) is 36.4 Å². The highest BCUT2D eigenvalue weighted by Crippen LogP contribution is 2.10. The molecule has 0 aliphatic heterocycles. The van der Waals surface area contributed by atoms with Gasteiger partial charge in [0.1, 0.15) is 5.69 Å². The van der Waals surface area contributed by atoms with Crippen LogP contribution >= 0.6 is 15.9 Å². The highest BCUT2D eigenvalue weighted by molar-refractivity contribution is 9.10. The molecular formula is C13H12BrN2+. The summed E-state index contributed by atoms with van der Waals surface area (Å²) >= 11 is 3.39. The van der Waals surface area contributed by atoms with E-state index < -0.39 is 0 Å². The Morgan fingerprint density at radius 3 is 2.19 bits per heavy atom. The molecule has 0 aromatic heterocycles. The predicted octanol–water partition coefficient (Wildman–Crippen LogP) is 1.57. The van der Waals surface area contributed by atoms with Gasteiger partial charge < -0.3 is 0 Å². The lowest BCUT2D eigenvalue weighted by atomic mass is 10.2. The quantitative estimate of drug-likeness (QED) is 0.634. The number of nitrogens with two attached hydrogens (primary N) is 1. The first kappa shape index (κ1) is 10.9. The van der Waals surface area contributed by atoms with Crippen molar-refractivity contribution in [1.29, 1.82) is 0 Å². The number of rotatable bonds is 2. The first-order chi connectivity index (χ1) is 7.75. The average molecular weight is 276 g/mol. The summed E-state index contributed by atoms with van der Waals surface area (Å²) in [6, 6.07) is 17.7. The van der Waals surface area contributed by atoms with Crippen LogP contribution in [0, 0.1) is 0 Å². The number of amidine groups is 1. The standard InChI is InChI=1S/C13H11BrN2/c14-11-6-8-12(9-7-11)16-13(15)10-4-2-1-3-5-10/h1-9H,(H2,15,16)/p+1. The van der Waals surface area contributed by atoms with E-state index in [1.165, 1.54) is 0 Å². The Labute approximate surface area is 103 Å². The second kappa shape index (κ2) is 4.94. The van der Waals surface area contributed by atoms with Crippen LogP contribution in [0.15, 0.2) is 59.1 Å². The SMILES string of the molecule is NC(=[NH+]c1ccc(Br)cc1)c1ccccc1. The zero-order valence-corrected chi connectivity index (χ0v) is 10.2. The minimum absolute atomic E-state index is 0.655. The molecule has 2 rings (SSSR count). The summed E-state index contributed by atoms with van der Waals surface area (Å²) in [4.78, 5) is 3.16. The maximum atomic E-state index is 5.96. The van der Waals surface area contributed by atoms with E-state index >= 15 is 0 Å². The van der Waals surface area contributed by atoms with Gasteiger partial charge in [-0.1, -0.05) is 34.1 Å². The number of halogens is 1. The van der Waals surface area contributed by atoms with E-state index in [0.717, 1.165) is 15.7 Å². The van der Waals surface area contributed by atoms with E-state index in [-0.39, 0.29) is 0 Å². The third-order valence-electron chi connectivity index (χ3n) is 2.21. The lowest BCUT2D eigenvalue weighted by molar-refractivity contribution is -0.354. The molecule has 2 aromatic carbocycles. The van der Waals surface area contributed by atoms with Crippen LogP contribution in [0.2, 0.25) is 0 Å². The monoisotopic (exact) mass is 275 g/mol. The van der Waals surface area contributed by atoms with E-state index in [2.05, 4.69) is 20.9 Å². The zero-order chi connectivity index (χ0) is 11.4. The van der Waals surface area contributed by atoms with Gasteiger partial charge in [-0.25, -0.2) is 4.99 Å². The average Bonchev–Trinajstić information content (AvgIpc) is 2.33. The molecule has 3 heteroatoms. The molecule has 2 aromatic rings. The fourth-order valence-corrected chi connectivity index (χ4v) is 1.64. The van der Waals surface area contributed by atoms with Gasteiger partial charge in [0.2, 0.25) is 0 Å². The molecule has 0 aliphatic carbocycles. The molecule has 80 valence electrons. The summed E-state index contributed by atoms with van der Waals surface area (Å²) in [6.45, 7) is 0. The maximum Gasteiger partial charge on any atom is 0.277 e. The number of hydrogen-bond acceptors (Lipinski definition) is 0. The van der Waals surface area contributed by atoms with Gasteiger partial charge in [0, 0.05) is 4.47 Å². The van der Waals surface area contributed by atoms with E-state index in [9.17, 15) is 0 Å². The maximum absolute atomic E-state index is 5.96. The molecule has 3 N–H and O–H groups in total. The van der Waals surface area contributed by atoms with Crippen LogP contribution < -0.4 is 10.7 Å². The van der Waals surface area contributed by atoms with Crippen molar-refractivity contribution in [2.75, 3.05) is 0 Å². The van der Waals surface area contributed by atoms with E-state index in [0.29, 0.717) is 5.84 Å². The third kappa shape index (κ3) is 2.70. The van der Waals surface area contributed by atoms with Crippen molar-refractivity contribution in [3.63, 3.8) is 0 Å². The van der Waals surface area contributed by atoms with Crippen molar-refractivity contribution >= 4 is 27.5 Å². The van der Waals surface area contributed by atoms with Crippen molar-refractivity contribution < 1.29 is 4.99 Å². The summed E-state index contributed by atoms with van der Waals surface area (Å²) in [5.74, 6) is 0.655. The fourth-order valence-electron chi connectivity index (χ4n) is 1.38. The Hall–Kier alpha value is -1.61. The zero-order valence-electron chi connectivity index (χ0n) is 8.65. The number of benzene rings is 2. The second-order valence-corrected chi connectivity index (χ2v) is 4.33.